The van der Waals surface area contributed by atoms with Crippen molar-refractivity contribution in [3.63, 3.8) is 0 Å². The van der Waals surface area contributed by atoms with Gasteiger partial charge in [0.15, 0.2) is 0 Å². The van der Waals surface area contributed by atoms with Crippen LogP contribution in [0.25, 0.3) is 0 Å². The summed E-state index contributed by atoms with van der Waals surface area (Å²) in [5.74, 6) is -1.36. The average molecular weight is 265 g/mol. The molecule has 2 N–H and O–H groups in total. The Bertz CT molecular complexity index is 390. The van der Waals surface area contributed by atoms with Gasteiger partial charge < -0.3 is 19.9 Å². The van der Waals surface area contributed by atoms with Gasteiger partial charge in [-0.1, -0.05) is 30.3 Å². The van der Waals surface area contributed by atoms with Crippen LogP contribution >= 0.6 is 0 Å². The lowest BCUT2D eigenvalue weighted by Gasteiger charge is -2.24. The summed E-state index contributed by atoms with van der Waals surface area (Å²) >= 11 is 0. The molecule has 0 aromatic heterocycles. The van der Waals surface area contributed by atoms with Crippen molar-refractivity contribution in [1.82, 2.24) is 5.32 Å². The molecule has 2 atom stereocenters. The maximum absolute atomic E-state index is 11.3. The molecule has 1 heterocycles. The Morgan fingerprint density at radius 3 is 2.79 bits per heavy atom. The first-order valence-electron chi connectivity index (χ1n) is 6.45. The highest BCUT2D eigenvalue weighted by atomic mass is 16.6. The van der Waals surface area contributed by atoms with Gasteiger partial charge in [-0.05, 0) is 5.56 Å². The smallest absolute Gasteiger partial charge is 0.312 e. The predicted octanol–water partition coefficient (Wildman–Crippen LogP) is 0.860. The second-order valence-electron chi connectivity index (χ2n) is 4.53. The van der Waals surface area contributed by atoms with Gasteiger partial charge in [0.2, 0.25) is 0 Å². The minimum atomic E-state index is -0.820. The van der Waals surface area contributed by atoms with E-state index in [1.807, 2.05) is 30.3 Å². The van der Waals surface area contributed by atoms with Crippen LogP contribution in [-0.2, 0) is 14.3 Å². The summed E-state index contributed by atoms with van der Waals surface area (Å²) in [6.07, 6.45) is 0.0129. The molecule has 0 spiro atoms. The second-order valence-corrected chi connectivity index (χ2v) is 4.53. The molecular weight excluding hydrogens is 246 g/mol. The third kappa shape index (κ3) is 4.31. The van der Waals surface area contributed by atoms with Crippen LogP contribution in [0.4, 0.5) is 0 Å². The van der Waals surface area contributed by atoms with Gasteiger partial charge in [-0.15, -0.1) is 0 Å². The summed E-state index contributed by atoms with van der Waals surface area (Å²) in [5.41, 5.74) is 0.809. The molecule has 1 saturated heterocycles. The fourth-order valence-electron chi connectivity index (χ4n) is 2.08. The molecule has 1 aliphatic heterocycles. The summed E-state index contributed by atoms with van der Waals surface area (Å²) < 4.78 is 10.8. The number of carbonyl (C=O) groups is 1. The number of aliphatic carboxylic acids is 1. The van der Waals surface area contributed by atoms with Crippen LogP contribution in [0.3, 0.4) is 0 Å². The van der Waals surface area contributed by atoms with Crippen molar-refractivity contribution in [3.05, 3.63) is 35.9 Å². The van der Waals surface area contributed by atoms with Gasteiger partial charge in [0.1, 0.15) is 0 Å². The molecule has 5 nitrogen and oxygen atoms in total. The van der Waals surface area contributed by atoms with Crippen molar-refractivity contribution >= 4 is 5.97 Å². The zero-order valence-electron chi connectivity index (χ0n) is 10.7. The van der Waals surface area contributed by atoms with E-state index in [9.17, 15) is 9.90 Å². The molecular formula is C14H19NO4. The topological polar surface area (TPSA) is 67.8 Å². The minimum absolute atomic E-state index is 0.0129. The zero-order valence-corrected chi connectivity index (χ0v) is 10.7. The van der Waals surface area contributed by atoms with Gasteiger partial charge in [0.05, 0.1) is 31.8 Å². The molecule has 0 bridgehead atoms. The molecule has 2 unspecified atom stereocenters. The van der Waals surface area contributed by atoms with E-state index in [0.29, 0.717) is 32.9 Å². The van der Waals surface area contributed by atoms with Crippen molar-refractivity contribution in [2.24, 2.45) is 0 Å². The van der Waals surface area contributed by atoms with Crippen LogP contribution in [0.5, 0.6) is 0 Å². The van der Waals surface area contributed by atoms with Gasteiger partial charge in [-0.3, -0.25) is 4.79 Å². The Hall–Kier alpha value is -1.43. The van der Waals surface area contributed by atoms with Crippen molar-refractivity contribution in [1.29, 1.82) is 0 Å². The Kier molecular flexibility index (Phi) is 5.32. The number of hydrogen-bond acceptors (Lipinski definition) is 4. The number of benzene rings is 1. The summed E-state index contributed by atoms with van der Waals surface area (Å²) in [6.45, 7) is 2.80. The van der Waals surface area contributed by atoms with Crippen molar-refractivity contribution in [3.8, 4) is 0 Å². The standard InChI is InChI=1S/C14H19NO4/c16-14(17)13(11-4-2-1-3-5-11)9-15-8-12-10-18-6-7-19-12/h1-5,12-13,15H,6-10H2,(H,16,17). The highest BCUT2D eigenvalue weighted by molar-refractivity contribution is 5.76. The van der Waals surface area contributed by atoms with Crippen LogP contribution in [-0.4, -0.2) is 50.1 Å². The quantitative estimate of drug-likeness (QED) is 0.798. The van der Waals surface area contributed by atoms with Crippen molar-refractivity contribution in [2.45, 2.75) is 12.0 Å². The SMILES string of the molecule is O=C(O)C(CNCC1COCCO1)c1ccccc1. The molecule has 19 heavy (non-hydrogen) atoms. The Morgan fingerprint density at radius 1 is 1.37 bits per heavy atom. The first-order valence-corrected chi connectivity index (χ1v) is 6.45. The van der Waals surface area contributed by atoms with Crippen molar-refractivity contribution in [2.75, 3.05) is 32.9 Å². The van der Waals surface area contributed by atoms with E-state index in [1.165, 1.54) is 0 Å². The highest BCUT2D eigenvalue weighted by Gasteiger charge is 2.20. The fourth-order valence-corrected chi connectivity index (χ4v) is 2.08. The van der Waals surface area contributed by atoms with Crippen molar-refractivity contribution < 1.29 is 19.4 Å². The van der Waals surface area contributed by atoms with Crippen LogP contribution in [0.1, 0.15) is 11.5 Å². The maximum atomic E-state index is 11.3. The van der Waals surface area contributed by atoms with E-state index in [4.69, 9.17) is 9.47 Å². The third-order valence-electron chi connectivity index (χ3n) is 3.11. The first-order chi connectivity index (χ1) is 9.27. The predicted molar refractivity (Wildman–Crippen MR) is 70.2 cm³/mol. The molecule has 2 rings (SSSR count). The minimum Gasteiger partial charge on any atom is -0.481 e. The molecule has 0 aliphatic carbocycles. The summed E-state index contributed by atoms with van der Waals surface area (Å²) in [4.78, 5) is 11.3. The normalized spacial score (nSPS) is 20.9. The van der Waals surface area contributed by atoms with E-state index in [2.05, 4.69) is 5.32 Å². The van der Waals surface area contributed by atoms with Gasteiger partial charge in [0, 0.05) is 13.1 Å². The lowest BCUT2D eigenvalue weighted by atomic mass is 9.99. The summed E-state index contributed by atoms with van der Waals surface area (Å²) in [5, 5.41) is 12.4. The molecule has 5 heteroatoms. The Labute approximate surface area is 112 Å². The Balaban J connectivity index is 1.82. The molecule has 1 aliphatic rings. The molecule has 0 saturated carbocycles. The van der Waals surface area contributed by atoms with Gasteiger partial charge in [-0.2, -0.15) is 0 Å². The van der Waals surface area contributed by atoms with Gasteiger partial charge in [0.25, 0.3) is 0 Å². The van der Waals surface area contributed by atoms with E-state index < -0.39 is 11.9 Å². The Morgan fingerprint density at radius 2 is 2.16 bits per heavy atom. The number of nitrogens with one attached hydrogen (secondary N) is 1. The number of hydrogen-bond donors (Lipinski definition) is 2. The number of rotatable bonds is 6. The average Bonchev–Trinajstić information content (AvgIpc) is 2.45. The second kappa shape index (κ2) is 7.23. The lowest BCUT2D eigenvalue weighted by Crippen LogP contribution is -2.39. The summed E-state index contributed by atoms with van der Waals surface area (Å²) in [7, 11) is 0. The largest absolute Gasteiger partial charge is 0.481 e. The molecule has 1 aromatic rings. The molecule has 0 amide bonds. The van der Waals surface area contributed by atoms with Crippen LogP contribution < -0.4 is 5.32 Å². The monoisotopic (exact) mass is 265 g/mol. The van der Waals surface area contributed by atoms with Crippen LogP contribution in [0, 0.1) is 0 Å². The number of carboxylic acid groups (broad SMARTS) is 1. The van der Waals surface area contributed by atoms with E-state index in [-0.39, 0.29) is 6.10 Å². The van der Waals surface area contributed by atoms with Gasteiger partial charge >= 0.3 is 5.97 Å². The van der Waals surface area contributed by atoms with Gasteiger partial charge in [-0.25, -0.2) is 0 Å². The first kappa shape index (κ1) is 14.0. The van der Waals surface area contributed by atoms with E-state index >= 15 is 0 Å². The van der Waals surface area contributed by atoms with Crippen LogP contribution in [0.2, 0.25) is 0 Å². The van der Waals surface area contributed by atoms with E-state index in [0.717, 1.165) is 5.56 Å². The van der Waals surface area contributed by atoms with E-state index in [1.54, 1.807) is 0 Å². The molecule has 1 fully saturated rings. The lowest BCUT2D eigenvalue weighted by molar-refractivity contribution is -0.138. The fraction of sp³-hybridized carbons (Fsp3) is 0.500. The molecule has 0 radical (unpaired) electrons. The number of ether oxygens (including phenoxy) is 2. The van der Waals surface area contributed by atoms with Crippen LogP contribution in [0.15, 0.2) is 30.3 Å². The summed E-state index contributed by atoms with van der Waals surface area (Å²) in [6, 6.07) is 9.25. The maximum Gasteiger partial charge on any atom is 0.312 e. The molecule has 104 valence electrons. The number of carboxylic acids is 1. The molecule has 1 aromatic carbocycles. The highest BCUT2D eigenvalue weighted by Crippen LogP contribution is 2.14. The third-order valence-corrected chi connectivity index (χ3v) is 3.11. The zero-order chi connectivity index (χ0) is 13.5.